The third-order valence-corrected chi connectivity index (χ3v) is 5.76. The van der Waals surface area contributed by atoms with Crippen molar-refractivity contribution >= 4 is 11.7 Å². The SMILES string of the molecule is COc1cc([C@@H](C)NC(=O)Nc2ccc(CCN3CCCCC3)cc2)ccc1OCCO. The number of carbonyl (C=O) groups is 1. The number of hydrogen-bond donors (Lipinski definition) is 3. The number of anilines is 1. The minimum absolute atomic E-state index is 0.0670. The minimum Gasteiger partial charge on any atom is -0.493 e. The summed E-state index contributed by atoms with van der Waals surface area (Å²) in [4.78, 5) is 15.0. The number of aliphatic hydroxyl groups excluding tert-OH is 1. The van der Waals surface area contributed by atoms with Crippen LogP contribution < -0.4 is 20.1 Å². The Morgan fingerprint density at radius 2 is 1.84 bits per heavy atom. The molecular weight excluding hydrogens is 406 g/mol. The van der Waals surface area contributed by atoms with Gasteiger partial charge in [0.25, 0.3) is 0 Å². The zero-order valence-electron chi connectivity index (χ0n) is 19.1. The Morgan fingerprint density at radius 1 is 1.09 bits per heavy atom. The monoisotopic (exact) mass is 441 g/mol. The van der Waals surface area contributed by atoms with Crippen LogP contribution in [-0.4, -0.2) is 56.0 Å². The molecule has 0 saturated carbocycles. The standard InChI is InChI=1S/C25H35N3O4/c1-19(21-8-11-23(32-17-16-29)24(18-21)31-2)26-25(30)27-22-9-6-20(7-10-22)12-15-28-13-4-3-5-14-28/h6-11,18-19,29H,3-5,12-17H2,1-2H3,(H2,26,27,30)/t19-/m1/s1. The van der Waals surface area contributed by atoms with Crippen LogP contribution in [0.25, 0.3) is 0 Å². The van der Waals surface area contributed by atoms with Gasteiger partial charge in [0.05, 0.1) is 19.8 Å². The van der Waals surface area contributed by atoms with Gasteiger partial charge in [-0.05, 0) is 74.7 Å². The van der Waals surface area contributed by atoms with Gasteiger partial charge < -0.3 is 30.1 Å². The molecule has 0 unspecified atom stereocenters. The number of amides is 2. The average molecular weight is 442 g/mol. The number of piperidine rings is 1. The molecule has 7 heteroatoms. The van der Waals surface area contributed by atoms with Crippen molar-refractivity contribution in [3.8, 4) is 11.5 Å². The maximum Gasteiger partial charge on any atom is 0.319 e. The summed E-state index contributed by atoms with van der Waals surface area (Å²) in [6.45, 7) is 5.56. The second-order valence-electron chi connectivity index (χ2n) is 8.15. The number of urea groups is 1. The zero-order chi connectivity index (χ0) is 22.8. The Morgan fingerprint density at radius 3 is 2.53 bits per heavy atom. The van der Waals surface area contributed by atoms with Crippen LogP contribution in [0.5, 0.6) is 11.5 Å². The maximum atomic E-state index is 12.5. The van der Waals surface area contributed by atoms with Crippen LogP contribution in [0, 0.1) is 0 Å². The van der Waals surface area contributed by atoms with E-state index in [0.29, 0.717) is 11.5 Å². The number of ether oxygens (including phenoxy) is 2. The highest BCUT2D eigenvalue weighted by atomic mass is 16.5. The Labute approximate surface area is 190 Å². The number of rotatable bonds is 10. The van der Waals surface area contributed by atoms with Crippen molar-refractivity contribution in [3.05, 3.63) is 53.6 Å². The summed E-state index contributed by atoms with van der Waals surface area (Å²) in [5, 5.41) is 14.8. The van der Waals surface area contributed by atoms with Crippen molar-refractivity contribution in [2.45, 2.75) is 38.6 Å². The van der Waals surface area contributed by atoms with Gasteiger partial charge in [-0.25, -0.2) is 4.79 Å². The largest absolute Gasteiger partial charge is 0.493 e. The molecule has 1 aliphatic rings. The van der Waals surface area contributed by atoms with E-state index in [1.165, 1.54) is 37.9 Å². The summed E-state index contributed by atoms with van der Waals surface area (Å²) < 4.78 is 10.8. The van der Waals surface area contributed by atoms with E-state index in [2.05, 4.69) is 27.7 Å². The van der Waals surface area contributed by atoms with E-state index < -0.39 is 0 Å². The van der Waals surface area contributed by atoms with Crippen molar-refractivity contribution < 1.29 is 19.4 Å². The number of likely N-dealkylation sites (tertiary alicyclic amines) is 1. The van der Waals surface area contributed by atoms with E-state index in [-0.39, 0.29) is 25.3 Å². The van der Waals surface area contributed by atoms with Gasteiger partial charge in [0.2, 0.25) is 0 Å². The van der Waals surface area contributed by atoms with Crippen molar-refractivity contribution in [1.29, 1.82) is 0 Å². The van der Waals surface area contributed by atoms with Crippen LogP contribution in [-0.2, 0) is 6.42 Å². The number of aliphatic hydroxyl groups is 1. The van der Waals surface area contributed by atoms with Crippen molar-refractivity contribution in [3.63, 3.8) is 0 Å². The molecule has 1 atom stereocenters. The molecule has 1 heterocycles. The lowest BCUT2D eigenvalue weighted by Crippen LogP contribution is -2.31. The number of nitrogens with zero attached hydrogens (tertiary/aromatic N) is 1. The molecule has 0 aromatic heterocycles. The summed E-state index contributed by atoms with van der Waals surface area (Å²) in [7, 11) is 1.56. The summed E-state index contributed by atoms with van der Waals surface area (Å²) in [6, 6.07) is 13.1. The van der Waals surface area contributed by atoms with Gasteiger partial charge in [-0.15, -0.1) is 0 Å². The third kappa shape index (κ3) is 7.14. The minimum atomic E-state index is -0.266. The summed E-state index contributed by atoms with van der Waals surface area (Å²) in [6.07, 6.45) is 5.01. The molecule has 1 saturated heterocycles. The molecule has 174 valence electrons. The van der Waals surface area contributed by atoms with Gasteiger partial charge in [-0.2, -0.15) is 0 Å². The van der Waals surface area contributed by atoms with Gasteiger partial charge in [-0.1, -0.05) is 24.6 Å². The highest BCUT2D eigenvalue weighted by molar-refractivity contribution is 5.89. The molecule has 3 rings (SSSR count). The summed E-state index contributed by atoms with van der Waals surface area (Å²) >= 11 is 0. The first-order valence-electron chi connectivity index (χ1n) is 11.4. The lowest BCUT2D eigenvalue weighted by molar-refractivity contribution is 0.196. The predicted octanol–water partition coefficient (Wildman–Crippen LogP) is 3.98. The zero-order valence-corrected chi connectivity index (χ0v) is 19.1. The van der Waals surface area contributed by atoms with Gasteiger partial charge in [0.15, 0.2) is 11.5 Å². The van der Waals surface area contributed by atoms with Crippen LogP contribution in [0.15, 0.2) is 42.5 Å². The molecule has 0 bridgehead atoms. The van der Waals surface area contributed by atoms with E-state index in [4.69, 9.17) is 14.6 Å². The van der Waals surface area contributed by atoms with Gasteiger partial charge in [0.1, 0.15) is 6.61 Å². The lowest BCUT2D eigenvalue weighted by atomic mass is 10.1. The second-order valence-corrected chi connectivity index (χ2v) is 8.15. The van der Waals surface area contributed by atoms with Crippen LogP contribution in [0.4, 0.5) is 10.5 Å². The number of nitrogens with one attached hydrogen (secondary N) is 2. The highest BCUT2D eigenvalue weighted by Gasteiger charge is 2.14. The molecule has 2 aromatic carbocycles. The quantitative estimate of drug-likeness (QED) is 0.520. The average Bonchev–Trinajstić information content (AvgIpc) is 2.82. The van der Waals surface area contributed by atoms with E-state index in [1.807, 2.05) is 31.2 Å². The number of hydrogen-bond acceptors (Lipinski definition) is 5. The highest BCUT2D eigenvalue weighted by Crippen LogP contribution is 2.30. The van der Waals surface area contributed by atoms with E-state index in [1.54, 1.807) is 13.2 Å². The first-order valence-corrected chi connectivity index (χ1v) is 11.4. The van der Waals surface area contributed by atoms with Gasteiger partial charge >= 0.3 is 6.03 Å². The van der Waals surface area contributed by atoms with Gasteiger partial charge in [0, 0.05) is 12.2 Å². The molecule has 0 spiro atoms. The van der Waals surface area contributed by atoms with Crippen LogP contribution in [0.2, 0.25) is 0 Å². The normalized spacial score (nSPS) is 15.1. The van der Waals surface area contributed by atoms with Crippen molar-refractivity contribution in [2.75, 3.05) is 45.3 Å². The first-order chi connectivity index (χ1) is 15.6. The van der Waals surface area contributed by atoms with Crippen LogP contribution in [0.1, 0.15) is 43.4 Å². The Hall–Kier alpha value is -2.77. The molecule has 0 radical (unpaired) electrons. The molecule has 2 aromatic rings. The molecule has 32 heavy (non-hydrogen) atoms. The fraction of sp³-hybridized carbons (Fsp3) is 0.480. The smallest absolute Gasteiger partial charge is 0.319 e. The van der Waals surface area contributed by atoms with Crippen LogP contribution in [0.3, 0.4) is 0 Å². The molecule has 2 amide bonds. The molecular formula is C25H35N3O4. The molecule has 1 aliphatic heterocycles. The lowest BCUT2D eigenvalue weighted by Gasteiger charge is -2.26. The van der Waals surface area contributed by atoms with E-state index >= 15 is 0 Å². The number of carbonyl (C=O) groups excluding carboxylic acids is 1. The molecule has 1 fully saturated rings. The molecule has 0 aliphatic carbocycles. The fourth-order valence-electron chi connectivity index (χ4n) is 3.90. The summed E-state index contributed by atoms with van der Waals surface area (Å²) in [5.41, 5.74) is 2.94. The first kappa shape index (κ1) is 23.9. The topological polar surface area (TPSA) is 83.1 Å². The van der Waals surface area contributed by atoms with Crippen molar-refractivity contribution in [1.82, 2.24) is 10.2 Å². The second kappa shape index (κ2) is 12.3. The predicted molar refractivity (Wildman–Crippen MR) is 127 cm³/mol. The van der Waals surface area contributed by atoms with Crippen molar-refractivity contribution in [2.24, 2.45) is 0 Å². The molecule has 7 nitrogen and oxygen atoms in total. The Kier molecular flexibility index (Phi) is 9.19. The third-order valence-electron chi connectivity index (χ3n) is 5.76. The Bertz CT molecular complexity index is 851. The Balaban J connectivity index is 1.49. The van der Waals surface area contributed by atoms with Crippen LogP contribution >= 0.6 is 0 Å². The summed E-state index contributed by atoms with van der Waals surface area (Å²) in [5.74, 6) is 1.12. The number of benzene rings is 2. The fourth-order valence-corrected chi connectivity index (χ4v) is 3.90. The maximum absolute atomic E-state index is 12.5. The van der Waals surface area contributed by atoms with E-state index in [0.717, 1.165) is 24.2 Å². The number of methoxy groups -OCH3 is 1. The van der Waals surface area contributed by atoms with E-state index in [9.17, 15) is 4.79 Å². The van der Waals surface area contributed by atoms with Gasteiger partial charge in [-0.3, -0.25) is 0 Å². The molecule has 3 N–H and O–H groups in total.